The van der Waals surface area contributed by atoms with Gasteiger partial charge in [0, 0.05) is 10.7 Å². The average molecular weight is 461 g/mol. The van der Waals surface area contributed by atoms with E-state index in [1.807, 2.05) is 36.4 Å². The van der Waals surface area contributed by atoms with Gasteiger partial charge < -0.3 is 9.57 Å². The molecule has 5 aromatic rings. The van der Waals surface area contributed by atoms with E-state index in [1.165, 1.54) is 0 Å². The number of oxime groups is 1. The number of para-hydroxylation sites is 2. The van der Waals surface area contributed by atoms with Crippen molar-refractivity contribution in [2.45, 2.75) is 20.5 Å². The number of halogens is 1. The number of aromatic nitrogens is 5. The van der Waals surface area contributed by atoms with Crippen molar-refractivity contribution in [3.63, 3.8) is 0 Å². The quantitative estimate of drug-likeness (QED) is 0.266. The van der Waals surface area contributed by atoms with Crippen LogP contribution in [0.4, 0.5) is 0 Å². The fraction of sp³-hybridized carbons (Fsp3) is 0.167. The van der Waals surface area contributed by atoms with Crippen LogP contribution in [0.25, 0.3) is 22.4 Å². The third kappa shape index (κ3) is 3.78. The molecule has 0 spiro atoms. The van der Waals surface area contributed by atoms with Gasteiger partial charge in [-0.2, -0.15) is 0 Å². The molecule has 0 atom stereocenters. The van der Waals surface area contributed by atoms with E-state index in [0.717, 1.165) is 44.9 Å². The Morgan fingerprint density at radius 3 is 2.64 bits per heavy atom. The average Bonchev–Trinajstić information content (AvgIpc) is 3.36. The molecule has 2 aromatic carbocycles. The van der Waals surface area contributed by atoms with Gasteiger partial charge in [0.1, 0.15) is 12.1 Å². The van der Waals surface area contributed by atoms with Gasteiger partial charge in [-0.1, -0.05) is 41.0 Å². The lowest BCUT2D eigenvalue weighted by atomic mass is 10.2. The van der Waals surface area contributed by atoms with Gasteiger partial charge >= 0.3 is 0 Å². The van der Waals surface area contributed by atoms with Crippen LogP contribution in [-0.2, 0) is 11.4 Å². The zero-order valence-corrected chi connectivity index (χ0v) is 19.1. The van der Waals surface area contributed by atoms with Crippen LogP contribution < -0.4 is 4.74 Å². The minimum Gasteiger partial charge on any atom is -0.495 e. The Morgan fingerprint density at radius 2 is 1.85 bits per heavy atom. The summed E-state index contributed by atoms with van der Waals surface area (Å²) in [5.74, 6) is 1.29. The molecule has 5 rings (SSSR count). The normalized spacial score (nSPS) is 11.6. The molecule has 33 heavy (non-hydrogen) atoms. The van der Waals surface area contributed by atoms with Crippen molar-refractivity contribution >= 4 is 34.5 Å². The summed E-state index contributed by atoms with van der Waals surface area (Å²) in [6.07, 6.45) is 3.28. The maximum absolute atomic E-state index is 5.90. The number of fused-ring (bicyclic) bond motifs is 3. The number of methoxy groups -OCH3 is 1. The Kier molecular flexibility index (Phi) is 5.43. The lowest BCUT2D eigenvalue weighted by Crippen LogP contribution is -2.01. The molecule has 8 nitrogen and oxygen atoms in total. The molecule has 0 saturated heterocycles. The fourth-order valence-electron chi connectivity index (χ4n) is 3.82. The maximum Gasteiger partial charge on any atom is 0.192 e. The molecule has 0 amide bonds. The lowest BCUT2D eigenvalue weighted by molar-refractivity contribution is 0.126. The molecule has 9 heteroatoms. The highest BCUT2D eigenvalue weighted by atomic mass is 35.5. The molecule has 0 N–H and O–H groups in total. The molecule has 0 bridgehead atoms. The van der Waals surface area contributed by atoms with Gasteiger partial charge in [0.2, 0.25) is 0 Å². The summed E-state index contributed by atoms with van der Waals surface area (Å²) < 4.78 is 9.34. The maximum atomic E-state index is 5.90. The van der Waals surface area contributed by atoms with E-state index >= 15 is 0 Å². The minimum absolute atomic E-state index is 0.137. The molecule has 3 aromatic heterocycles. The Balaban J connectivity index is 1.48. The fourth-order valence-corrected chi connectivity index (χ4v) is 3.94. The molecule has 0 aliphatic heterocycles. The van der Waals surface area contributed by atoms with E-state index in [4.69, 9.17) is 26.2 Å². The van der Waals surface area contributed by atoms with E-state index in [9.17, 15) is 0 Å². The second-order valence-electron chi connectivity index (χ2n) is 7.52. The molecule has 0 aliphatic carbocycles. The number of nitrogens with zero attached hydrogens (tertiary/aromatic N) is 6. The highest BCUT2D eigenvalue weighted by Gasteiger charge is 2.20. The van der Waals surface area contributed by atoms with Crippen molar-refractivity contribution in [1.82, 2.24) is 24.1 Å². The van der Waals surface area contributed by atoms with Gasteiger partial charge in [-0.15, -0.1) is 5.10 Å². The van der Waals surface area contributed by atoms with Gasteiger partial charge in [0.25, 0.3) is 0 Å². The van der Waals surface area contributed by atoms with Crippen LogP contribution in [0, 0.1) is 13.8 Å². The van der Waals surface area contributed by atoms with Crippen molar-refractivity contribution in [3.8, 4) is 11.4 Å². The molecule has 0 fully saturated rings. The molecule has 0 radical (unpaired) electrons. The monoisotopic (exact) mass is 460 g/mol. The summed E-state index contributed by atoms with van der Waals surface area (Å²) >= 11 is 5.90. The zero-order valence-electron chi connectivity index (χ0n) is 18.4. The summed E-state index contributed by atoms with van der Waals surface area (Å²) in [6, 6.07) is 15.2. The topological polar surface area (TPSA) is 78.8 Å². The highest BCUT2D eigenvalue weighted by molar-refractivity contribution is 6.30. The first-order valence-corrected chi connectivity index (χ1v) is 10.7. The smallest absolute Gasteiger partial charge is 0.192 e. The minimum atomic E-state index is 0.137. The molecule has 3 heterocycles. The third-order valence-electron chi connectivity index (χ3n) is 5.54. The molecule has 0 unspecified atom stereocenters. The SMILES string of the molecule is COc1ccccc1-n1c(C)c(C)c2c1ncn1nc(CO/N=C\c3ccc(Cl)cc3)nc21. The van der Waals surface area contributed by atoms with E-state index in [2.05, 4.69) is 33.7 Å². The van der Waals surface area contributed by atoms with Crippen LogP contribution in [0.15, 0.2) is 60.0 Å². The van der Waals surface area contributed by atoms with E-state index in [0.29, 0.717) is 10.8 Å². The Labute approximate surface area is 195 Å². The summed E-state index contributed by atoms with van der Waals surface area (Å²) in [5, 5.41) is 10.1. The molecule has 166 valence electrons. The first kappa shape index (κ1) is 21.0. The lowest BCUT2D eigenvalue weighted by Gasteiger charge is -2.12. The van der Waals surface area contributed by atoms with E-state index < -0.39 is 0 Å². The van der Waals surface area contributed by atoms with Gasteiger partial charge in [-0.25, -0.2) is 14.5 Å². The van der Waals surface area contributed by atoms with E-state index in [1.54, 1.807) is 36.3 Å². The summed E-state index contributed by atoms with van der Waals surface area (Å²) in [6.45, 7) is 4.26. The van der Waals surface area contributed by atoms with Gasteiger partial charge in [-0.05, 0) is 49.2 Å². The van der Waals surface area contributed by atoms with Crippen LogP contribution in [-0.4, -0.2) is 37.5 Å². The second-order valence-corrected chi connectivity index (χ2v) is 7.95. The second kappa shape index (κ2) is 8.55. The predicted octanol–water partition coefficient (Wildman–Crippen LogP) is 4.90. The van der Waals surface area contributed by atoms with Gasteiger partial charge in [0.05, 0.1) is 24.4 Å². The van der Waals surface area contributed by atoms with Crippen LogP contribution in [0.1, 0.15) is 22.6 Å². The Bertz CT molecular complexity index is 1490. The zero-order chi connectivity index (χ0) is 22.9. The molecule has 0 aliphatic rings. The standard InChI is InChI=1S/C24H21ClN6O2/c1-15-16(2)31(19-6-4-5-7-20(19)32-3)23-22(15)24-28-21(29-30(24)14-26-23)13-33-27-12-17-8-10-18(25)11-9-17/h4-12,14H,13H2,1-3H3/b27-12-. The Morgan fingerprint density at radius 1 is 1.06 bits per heavy atom. The number of hydrogen-bond acceptors (Lipinski definition) is 6. The van der Waals surface area contributed by atoms with Crippen molar-refractivity contribution in [3.05, 3.63) is 82.5 Å². The first-order valence-electron chi connectivity index (χ1n) is 10.3. The summed E-state index contributed by atoms with van der Waals surface area (Å²) in [4.78, 5) is 14.8. The number of benzene rings is 2. The number of aryl methyl sites for hydroxylation is 1. The summed E-state index contributed by atoms with van der Waals surface area (Å²) in [5.41, 5.74) is 5.46. The van der Waals surface area contributed by atoms with Crippen molar-refractivity contribution in [2.24, 2.45) is 5.16 Å². The number of rotatable bonds is 6. The van der Waals surface area contributed by atoms with E-state index in [-0.39, 0.29) is 6.61 Å². The van der Waals surface area contributed by atoms with Gasteiger partial charge in [-0.3, -0.25) is 4.57 Å². The molecule has 0 saturated carbocycles. The van der Waals surface area contributed by atoms with Crippen molar-refractivity contribution < 1.29 is 9.57 Å². The van der Waals surface area contributed by atoms with Crippen molar-refractivity contribution in [1.29, 1.82) is 0 Å². The van der Waals surface area contributed by atoms with Gasteiger partial charge in [0.15, 0.2) is 23.7 Å². The number of ether oxygens (including phenoxy) is 1. The van der Waals surface area contributed by atoms with Crippen LogP contribution in [0.3, 0.4) is 0 Å². The largest absolute Gasteiger partial charge is 0.495 e. The molecular formula is C24H21ClN6O2. The Hall–Kier alpha value is -3.91. The van der Waals surface area contributed by atoms with Crippen molar-refractivity contribution in [2.75, 3.05) is 7.11 Å². The third-order valence-corrected chi connectivity index (χ3v) is 5.79. The number of hydrogen-bond donors (Lipinski definition) is 0. The first-order chi connectivity index (χ1) is 16.1. The van der Waals surface area contributed by atoms with Crippen LogP contribution in [0.5, 0.6) is 5.75 Å². The van der Waals surface area contributed by atoms with Crippen LogP contribution in [0.2, 0.25) is 5.02 Å². The highest BCUT2D eigenvalue weighted by Crippen LogP contribution is 2.33. The predicted molar refractivity (Wildman–Crippen MR) is 127 cm³/mol. The molecular weight excluding hydrogens is 440 g/mol. The van der Waals surface area contributed by atoms with Crippen LogP contribution >= 0.6 is 11.6 Å². The summed E-state index contributed by atoms with van der Waals surface area (Å²) in [7, 11) is 1.67.